The molecule has 8 nitrogen and oxygen atoms in total. The van der Waals surface area contributed by atoms with E-state index in [4.69, 9.17) is 9.47 Å². The molecule has 8 heteroatoms. The van der Waals surface area contributed by atoms with Crippen molar-refractivity contribution in [3.63, 3.8) is 0 Å². The molecule has 0 saturated carbocycles. The van der Waals surface area contributed by atoms with Crippen molar-refractivity contribution in [1.82, 2.24) is 20.0 Å². The van der Waals surface area contributed by atoms with Gasteiger partial charge in [-0.1, -0.05) is 34.6 Å². The maximum atomic E-state index is 13.8. The standard InChI is InChI=1S/C29H52N4O4/c1-21(2)15-25-27(34)33(14-10-30-25)26(16-22(3)4)28(35)32-12-8-29(9-13-32)36-19-24(20-37-29)18-31-11-6-7-23(5)17-31/h21-26,30H,6-20H2,1-5H3/t23-,25+,26+/m1/s1. The number of nitrogens with one attached hydrogen (secondary N) is 1. The molecule has 3 atom stereocenters. The number of ether oxygens (including phenoxy) is 2. The summed E-state index contributed by atoms with van der Waals surface area (Å²) < 4.78 is 12.7. The quantitative estimate of drug-likeness (QED) is 0.531. The average molecular weight is 521 g/mol. The van der Waals surface area contributed by atoms with Crippen LogP contribution in [-0.2, 0) is 19.1 Å². The Morgan fingerprint density at radius 3 is 2.38 bits per heavy atom. The smallest absolute Gasteiger partial charge is 0.245 e. The van der Waals surface area contributed by atoms with Gasteiger partial charge in [-0.25, -0.2) is 0 Å². The van der Waals surface area contributed by atoms with E-state index in [0.29, 0.717) is 56.7 Å². The number of piperidine rings is 2. The van der Waals surface area contributed by atoms with Gasteiger partial charge in [-0.15, -0.1) is 0 Å². The highest BCUT2D eigenvalue weighted by atomic mass is 16.7. The second kappa shape index (κ2) is 12.8. The van der Waals surface area contributed by atoms with Crippen molar-refractivity contribution in [2.75, 3.05) is 59.0 Å². The van der Waals surface area contributed by atoms with Crippen molar-refractivity contribution < 1.29 is 19.1 Å². The summed E-state index contributed by atoms with van der Waals surface area (Å²) in [7, 11) is 0. The van der Waals surface area contributed by atoms with E-state index in [9.17, 15) is 9.59 Å². The Balaban J connectivity index is 1.30. The molecule has 1 spiro atoms. The van der Waals surface area contributed by atoms with Crippen molar-refractivity contribution in [1.29, 1.82) is 0 Å². The highest BCUT2D eigenvalue weighted by Crippen LogP contribution is 2.34. The zero-order valence-corrected chi connectivity index (χ0v) is 24.0. The van der Waals surface area contributed by atoms with Gasteiger partial charge in [0, 0.05) is 58.0 Å². The maximum absolute atomic E-state index is 13.8. The Morgan fingerprint density at radius 2 is 1.76 bits per heavy atom. The molecule has 4 saturated heterocycles. The number of amides is 2. The van der Waals surface area contributed by atoms with Gasteiger partial charge in [0.25, 0.3) is 0 Å². The molecule has 4 rings (SSSR count). The van der Waals surface area contributed by atoms with Crippen LogP contribution in [-0.4, -0.2) is 103 Å². The lowest BCUT2D eigenvalue weighted by Crippen LogP contribution is -2.63. The highest BCUT2D eigenvalue weighted by Gasteiger charge is 2.44. The molecule has 0 aliphatic carbocycles. The van der Waals surface area contributed by atoms with Crippen molar-refractivity contribution in [3.8, 4) is 0 Å². The molecule has 0 aromatic heterocycles. The first-order valence-electron chi connectivity index (χ1n) is 15.0. The molecule has 4 fully saturated rings. The van der Waals surface area contributed by atoms with Crippen LogP contribution in [0.3, 0.4) is 0 Å². The zero-order valence-electron chi connectivity index (χ0n) is 24.0. The van der Waals surface area contributed by atoms with Gasteiger partial charge < -0.3 is 29.5 Å². The van der Waals surface area contributed by atoms with Crippen LogP contribution >= 0.6 is 0 Å². The molecule has 4 heterocycles. The fourth-order valence-electron chi connectivity index (χ4n) is 6.65. The minimum Gasteiger partial charge on any atom is -0.349 e. The van der Waals surface area contributed by atoms with Gasteiger partial charge in [0.1, 0.15) is 6.04 Å². The summed E-state index contributed by atoms with van der Waals surface area (Å²) in [5.41, 5.74) is 0. The Bertz CT molecular complexity index is 757. The molecule has 0 aromatic rings. The SMILES string of the molecule is CC(C)C[C@@H]1NCCN([C@@H](CC(C)C)C(=O)N2CCC3(CC2)OCC(CN2CCC[C@@H](C)C2)CO3)C1=O. The fraction of sp³-hybridized carbons (Fsp3) is 0.931. The number of hydrogen-bond acceptors (Lipinski definition) is 6. The van der Waals surface area contributed by atoms with E-state index in [2.05, 4.69) is 44.8 Å². The second-order valence-corrected chi connectivity index (χ2v) is 13.0. The molecule has 0 unspecified atom stereocenters. The number of piperazine rings is 1. The first kappa shape index (κ1) is 28.8. The van der Waals surface area contributed by atoms with Crippen LogP contribution < -0.4 is 5.32 Å². The predicted octanol–water partition coefficient (Wildman–Crippen LogP) is 2.96. The summed E-state index contributed by atoms with van der Waals surface area (Å²) in [6.45, 7) is 18.4. The lowest BCUT2D eigenvalue weighted by atomic mass is 9.95. The number of hydrogen-bond donors (Lipinski definition) is 1. The molecule has 212 valence electrons. The van der Waals surface area contributed by atoms with Crippen LogP contribution in [0.15, 0.2) is 0 Å². The van der Waals surface area contributed by atoms with Gasteiger partial charge in [-0.2, -0.15) is 0 Å². The lowest BCUT2D eigenvalue weighted by Gasteiger charge is -2.47. The molecule has 37 heavy (non-hydrogen) atoms. The van der Waals surface area contributed by atoms with E-state index in [1.807, 2.05) is 9.80 Å². The van der Waals surface area contributed by atoms with Crippen LogP contribution in [0, 0.1) is 23.7 Å². The monoisotopic (exact) mass is 520 g/mol. The maximum Gasteiger partial charge on any atom is 0.245 e. The predicted molar refractivity (Wildman–Crippen MR) is 145 cm³/mol. The van der Waals surface area contributed by atoms with E-state index in [0.717, 1.165) is 38.6 Å². The van der Waals surface area contributed by atoms with Gasteiger partial charge in [-0.05, 0) is 50.0 Å². The summed E-state index contributed by atoms with van der Waals surface area (Å²) >= 11 is 0. The Hall–Kier alpha value is -1.22. The van der Waals surface area contributed by atoms with Crippen molar-refractivity contribution in [2.24, 2.45) is 23.7 Å². The van der Waals surface area contributed by atoms with Crippen molar-refractivity contribution in [3.05, 3.63) is 0 Å². The van der Waals surface area contributed by atoms with Crippen molar-refractivity contribution >= 4 is 11.8 Å². The van der Waals surface area contributed by atoms with Gasteiger partial charge in [0.05, 0.1) is 19.3 Å². The number of carbonyl (C=O) groups is 2. The van der Waals surface area contributed by atoms with Gasteiger partial charge in [0.2, 0.25) is 11.8 Å². The summed E-state index contributed by atoms with van der Waals surface area (Å²) in [6, 6.07) is -0.575. The van der Waals surface area contributed by atoms with E-state index in [1.54, 1.807) is 0 Å². The molecule has 0 aromatic carbocycles. The van der Waals surface area contributed by atoms with E-state index in [1.165, 1.54) is 25.9 Å². The third-order valence-corrected chi connectivity index (χ3v) is 8.65. The average Bonchev–Trinajstić information content (AvgIpc) is 2.85. The Labute approximate surface area is 224 Å². The number of likely N-dealkylation sites (tertiary alicyclic amines) is 2. The summed E-state index contributed by atoms with van der Waals surface area (Å²) in [6.07, 6.45) is 5.53. The minimum absolute atomic E-state index is 0.0838. The first-order valence-corrected chi connectivity index (χ1v) is 15.0. The summed E-state index contributed by atoms with van der Waals surface area (Å²) in [5, 5.41) is 3.37. The molecule has 1 N–H and O–H groups in total. The largest absolute Gasteiger partial charge is 0.349 e. The van der Waals surface area contributed by atoms with Crippen LogP contribution in [0.2, 0.25) is 0 Å². The molecule has 0 bridgehead atoms. The molecule has 2 amide bonds. The van der Waals surface area contributed by atoms with Gasteiger partial charge in [0.15, 0.2) is 5.79 Å². The van der Waals surface area contributed by atoms with Gasteiger partial charge in [-0.3, -0.25) is 9.59 Å². The summed E-state index contributed by atoms with van der Waals surface area (Å²) in [4.78, 5) is 33.6. The molecule has 4 aliphatic rings. The van der Waals surface area contributed by atoms with Crippen LogP contribution in [0.1, 0.15) is 73.1 Å². The normalized spacial score (nSPS) is 28.9. The third kappa shape index (κ3) is 7.46. The lowest BCUT2D eigenvalue weighted by molar-refractivity contribution is -0.298. The third-order valence-electron chi connectivity index (χ3n) is 8.65. The Kier molecular flexibility index (Phi) is 9.92. The topological polar surface area (TPSA) is 74.3 Å². The van der Waals surface area contributed by atoms with E-state index < -0.39 is 5.79 Å². The van der Waals surface area contributed by atoms with Gasteiger partial charge >= 0.3 is 0 Å². The van der Waals surface area contributed by atoms with Crippen LogP contribution in [0.5, 0.6) is 0 Å². The van der Waals surface area contributed by atoms with Crippen molar-refractivity contribution in [2.45, 2.75) is 91.0 Å². The molecular weight excluding hydrogens is 468 g/mol. The fourth-order valence-corrected chi connectivity index (χ4v) is 6.65. The molecule has 0 radical (unpaired) electrons. The van der Waals surface area contributed by atoms with E-state index in [-0.39, 0.29) is 23.9 Å². The highest BCUT2D eigenvalue weighted by molar-refractivity contribution is 5.90. The molecule has 4 aliphatic heterocycles. The first-order chi connectivity index (χ1) is 17.7. The van der Waals surface area contributed by atoms with E-state index >= 15 is 0 Å². The zero-order chi connectivity index (χ0) is 26.6. The number of carbonyl (C=O) groups excluding carboxylic acids is 2. The minimum atomic E-state index is -0.552. The van der Waals surface area contributed by atoms with Crippen LogP contribution in [0.25, 0.3) is 0 Å². The Morgan fingerprint density at radius 1 is 1.05 bits per heavy atom. The van der Waals surface area contributed by atoms with Crippen LogP contribution in [0.4, 0.5) is 0 Å². The molecular formula is C29H52N4O4. The second-order valence-electron chi connectivity index (χ2n) is 13.0. The summed E-state index contributed by atoms with van der Waals surface area (Å²) in [5.74, 6) is 1.59. The number of rotatable bonds is 8. The number of nitrogens with zero attached hydrogens (tertiary/aromatic N) is 3.